The van der Waals surface area contributed by atoms with Crippen LogP contribution in [0.2, 0.25) is 0 Å². The Morgan fingerprint density at radius 1 is 1.12 bits per heavy atom. The lowest BCUT2D eigenvalue weighted by Gasteiger charge is -2.08. The molecule has 0 N–H and O–H groups in total. The average Bonchev–Trinajstić information content (AvgIpc) is 2.64. The van der Waals surface area contributed by atoms with Crippen LogP contribution in [0, 0.1) is 5.82 Å². The van der Waals surface area contributed by atoms with Gasteiger partial charge in [-0.05, 0) is 18.6 Å². The third-order valence-electron chi connectivity index (χ3n) is 4.08. The zero-order valence-corrected chi connectivity index (χ0v) is 14.1. The van der Waals surface area contributed by atoms with Crippen LogP contribution in [-0.2, 0) is 6.54 Å². The molecule has 0 aliphatic heterocycles. The second kappa shape index (κ2) is 7.63. The van der Waals surface area contributed by atoms with Crippen molar-refractivity contribution in [2.75, 3.05) is 0 Å². The lowest BCUT2D eigenvalue weighted by atomic mass is 10.1. The summed E-state index contributed by atoms with van der Waals surface area (Å²) in [6, 6.07) is 2.46. The van der Waals surface area contributed by atoms with Crippen LogP contribution < -0.4 is 5.56 Å². The molecule has 0 aliphatic rings. The molecular weight excluding hydrogens is 345 g/mol. The molecule has 2 heterocycles. The predicted octanol–water partition coefficient (Wildman–Crippen LogP) is 4.12. The summed E-state index contributed by atoms with van der Waals surface area (Å²) < 4.78 is 41.1. The fourth-order valence-corrected chi connectivity index (χ4v) is 2.63. The highest BCUT2D eigenvalue weighted by molar-refractivity contribution is 5.82. The van der Waals surface area contributed by atoms with E-state index in [2.05, 4.69) is 21.9 Å². The third kappa shape index (κ3) is 3.58. The molecule has 26 heavy (non-hydrogen) atoms. The van der Waals surface area contributed by atoms with Gasteiger partial charge in [0, 0.05) is 18.9 Å². The van der Waals surface area contributed by atoms with E-state index in [4.69, 9.17) is 0 Å². The van der Waals surface area contributed by atoms with Crippen LogP contribution in [0.25, 0.3) is 22.3 Å². The van der Waals surface area contributed by atoms with Crippen LogP contribution in [0.3, 0.4) is 0 Å². The lowest BCUT2D eigenvalue weighted by molar-refractivity contribution is 0.150. The molecule has 0 radical (unpaired) electrons. The lowest BCUT2D eigenvalue weighted by Crippen LogP contribution is -2.21. The minimum atomic E-state index is -2.70. The maximum absolute atomic E-state index is 14.5. The number of fused-ring (bicyclic) bond motifs is 1. The van der Waals surface area contributed by atoms with Gasteiger partial charge in [0.2, 0.25) is 0 Å². The van der Waals surface area contributed by atoms with E-state index in [0.29, 0.717) is 12.1 Å². The Morgan fingerprint density at radius 3 is 2.50 bits per heavy atom. The molecule has 0 unspecified atom stereocenters. The number of hydrogen-bond donors (Lipinski definition) is 0. The fraction of sp³-hybridized carbons (Fsp3) is 0.333. The molecule has 5 nitrogen and oxygen atoms in total. The molecule has 0 fully saturated rings. The number of alkyl halides is 2. The van der Waals surface area contributed by atoms with Crippen LogP contribution in [0.4, 0.5) is 13.2 Å². The van der Waals surface area contributed by atoms with Gasteiger partial charge in [0.15, 0.2) is 5.82 Å². The van der Waals surface area contributed by atoms with Gasteiger partial charge in [-0.25, -0.2) is 28.1 Å². The van der Waals surface area contributed by atoms with Gasteiger partial charge in [0.1, 0.15) is 5.82 Å². The Hall–Kier alpha value is -2.77. The molecular formula is C18H17F3N4O. The highest BCUT2D eigenvalue weighted by Crippen LogP contribution is 2.24. The molecule has 3 rings (SSSR count). The van der Waals surface area contributed by atoms with Crippen molar-refractivity contribution in [1.29, 1.82) is 0 Å². The third-order valence-corrected chi connectivity index (χ3v) is 4.08. The molecule has 0 bridgehead atoms. The number of halogens is 3. The maximum Gasteiger partial charge on any atom is 0.266 e. The standard InChI is InChI=1S/C18H17F3N4O/c1-2-3-4-5-25-10-24-15-7-12(14(19)6-13(15)18(25)26)17-22-8-11(9-23-17)16(20)21/h6-10,16H,2-5H2,1H3. The first-order chi connectivity index (χ1) is 12.5. The van der Waals surface area contributed by atoms with E-state index in [0.717, 1.165) is 37.7 Å². The van der Waals surface area contributed by atoms with Crippen LogP contribution >= 0.6 is 0 Å². The summed E-state index contributed by atoms with van der Waals surface area (Å²) in [6.45, 7) is 2.59. The second-order valence-corrected chi connectivity index (χ2v) is 5.94. The summed E-state index contributed by atoms with van der Waals surface area (Å²) in [7, 11) is 0. The summed E-state index contributed by atoms with van der Waals surface area (Å²) in [4.78, 5) is 24.3. The number of aryl methyl sites for hydroxylation is 1. The largest absolute Gasteiger partial charge is 0.299 e. The first-order valence-electron chi connectivity index (χ1n) is 8.30. The van der Waals surface area contributed by atoms with Gasteiger partial charge in [-0.15, -0.1) is 0 Å². The van der Waals surface area contributed by atoms with E-state index in [-0.39, 0.29) is 27.9 Å². The van der Waals surface area contributed by atoms with Crippen molar-refractivity contribution in [3.05, 3.63) is 52.6 Å². The number of unbranched alkanes of at least 4 members (excludes halogenated alkanes) is 2. The zero-order valence-electron chi connectivity index (χ0n) is 14.1. The van der Waals surface area contributed by atoms with E-state index < -0.39 is 12.2 Å². The second-order valence-electron chi connectivity index (χ2n) is 5.94. The molecule has 3 aromatic rings. The molecule has 0 saturated heterocycles. The van der Waals surface area contributed by atoms with E-state index in [9.17, 15) is 18.0 Å². The van der Waals surface area contributed by atoms with Crippen molar-refractivity contribution in [3.8, 4) is 11.4 Å². The number of hydrogen-bond acceptors (Lipinski definition) is 4. The number of benzene rings is 1. The topological polar surface area (TPSA) is 60.7 Å². The first kappa shape index (κ1) is 18.0. The Kier molecular flexibility index (Phi) is 5.29. The normalized spacial score (nSPS) is 11.4. The van der Waals surface area contributed by atoms with Crippen LogP contribution in [0.15, 0.2) is 35.6 Å². The van der Waals surface area contributed by atoms with Crippen molar-refractivity contribution in [3.63, 3.8) is 0 Å². The molecule has 8 heteroatoms. The van der Waals surface area contributed by atoms with E-state index in [1.807, 2.05) is 0 Å². The van der Waals surface area contributed by atoms with Crippen molar-refractivity contribution >= 4 is 10.9 Å². The van der Waals surface area contributed by atoms with E-state index in [1.54, 1.807) is 0 Å². The molecule has 2 aromatic heterocycles. The van der Waals surface area contributed by atoms with Gasteiger partial charge < -0.3 is 0 Å². The molecule has 0 aliphatic carbocycles. The minimum absolute atomic E-state index is 0.00829. The molecule has 0 spiro atoms. The highest BCUT2D eigenvalue weighted by atomic mass is 19.3. The summed E-state index contributed by atoms with van der Waals surface area (Å²) in [5.41, 5.74) is -0.345. The average molecular weight is 362 g/mol. The minimum Gasteiger partial charge on any atom is -0.299 e. The van der Waals surface area contributed by atoms with Crippen molar-refractivity contribution in [2.24, 2.45) is 0 Å². The number of rotatable bonds is 6. The van der Waals surface area contributed by atoms with Crippen LogP contribution in [-0.4, -0.2) is 19.5 Å². The zero-order chi connectivity index (χ0) is 18.7. The van der Waals surface area contributed by atoms with Gasteiger partial charge in [-0.1, -0.05) is 19.8 Å². The van der Waals surface area contributed by atoms with E-state index >= 15 is 0 Å². The summed E-state index contributed by atoms with van der Waals surface area (Å²) >= 11 is 0. The molecule has 0 atom stereocenters. The van der Waals surface area contributed by atoms with Gasteiger partial charge in [-0.2, -0.15) is 0 Å². The van der Waals surface area contributed by atoms with Gasteiger partial charge >= 0.3 is 0 Å². The van der Waals surface area contributed by atoms with E-state index in [1.165, 1.54) is 17.0 Å². The van der Waals surface area contributed by atoms with Gasteiger partial charge in [0.05, 0.1) is 28.4 Å². The first-order valence-corrected chi connectivity index (χ1v) is 8.30. The Balaban J connectivity index is 2.00. The van der Waals surface area contributed by atoms with Crippen molar-refractivity contribution < 1.29 is 13.2 Å². The monoisotopic (exact) mass is 362 g/mol. The maximum atomic E-state index is 14.5. The smallest absolute Gasteiger partial charge is 0.266 e. The Labute approximate surface area is 147 Å². The van der Waals surface area contributed by atoms with Gasteiger partial charge in [0.25, 0.3) is 12.0 Å². The predicted molar refractivity (Wildman–Crippen MR) is 91.5 cm³/mol. The Bertz CT molecular complexity index is 971. The Morgan fingerprint density at radius 2 is 1.85 bits per heavy atom. The summed E-state index contributed by atoms with van der Waals surface area (Å²) in [6.07, 6.45) is 3.50. The number of nitrogens with zero attached hydrogens (tertiary/aromatic N) is 4. The van der Waals surface area contributed by atoms with Crippen molar-refractivity contribution in [2.45, 2.75) is 39.2 Å². The fourth-order valence-electron chi connectivity index (χ4n) is 2.63. The van der Waals surface area contributed by atoms with Crippen LogP contribution in [0.1, 0.15) is 38.2 Å². The highest BCUT2D eigenvalue weighted by Gasteiger charge is 2.15. The summed E-state index contributed by atoms with van der Waals surface area (Å²) in [5, 5.41) is 0.162. The quantitative estimate of drug-likeness (QED) is 0.619. The van der Waals surface area contributed by atoms with Gasteiger partial charge in [-0.3, -0.25) is 9.36 Å². The number of aromatic nitrogens is 4. The molecule has 0 amide bonds. The van der Waals surface area contributed by atoms with Crippen molar-refractivity contribution in [1.82, 2.24) is 19.5 Å². The molecule has 0 saturated carbocycles. The molecule has 1 aromatic carbocycles. The van der Waals surface area contributed by atoms with Crippen LogP contribution in [0.5, 0.6) is 0 Å². The summed E-state index contributed by atoms with van der Waals surface area (Å²) in [5.74, 6) is -0.741. The molecule has 136 valence electrons. The SMILES string of the molecule is CCCCCn1cnc2cc(-c3ncc(C(F)F)cn3)c(F)cc2c1=O.